The molecule has 16 heavy (non-hydrogen) atoms. The van der Waals surface area contributed by atoms with Crippen LogP contribution in [-0.4, -0.2) is 17.8 Å². The van der Waals surface area contributed by atoms with Crippen LogP contribution in [0.1, 0.15) is 19.5 Å². The van der Waals surface area contributed by atoms with Crippen molar-refractivity contribution in [1.82, 2.24) is 4.98 Å². The Kier molecular flexibility index (Phi) is 4.99. The number of allylic oxidation sites excluding steroid dienone is 2. The van der Waals surface area contributed by atoms with Crippen molar-refractivity contribution >= 4 is 11.8 Å². The summed E-state index contributed by atoms with van der Waals surface area (Å²) in [5.74, 6) is 0.415. The first kappa shape index (κ1) is 12.2. The summed E-state index contributed by atoms with van der Waals surface area (Å²) < 4.78 is 5.13. The molecule has 0 aliphatic heterocycles. The Morgan fingerprint density at radius 3 is 2.94 bits per heavy atom. The highest BCUT2D eigenvalue weighted by atomic mass is 16.5. The molecule has 1 heterocycles. The average Bonchev–Trinajstić information content (AvgIpc) is 2.31. The van der Waals surface area contributed by atoms with E-state index in [0.717, 1.165) is 11.3 Å². The standard InChI is InChI=1S/C13H16N2O/c1-4-12(10-15-11(3)16-5-2)13-8-6-7-9-14-13/h4,6-10H,3,5H2,1-2H3/b12-4+,15-10-. The summed E-state index contributed by atoms with van der Waals surface area (Å²) in [5, 5.41) is 0. The van der Waals surface area contributed by atoms with Crippen LogP contribution < -0.4 is 0 Å². The molecule has 0 aromatic carbocycles. The summed E-state index contributed by atoms with van der Waals surface area (Å²) in [6.07, 6.45) is 5.41. The predicted molar refractivity (Wildman–Crippen MR) is 67.1 cm³/mol. The minimum absolute atomic E-state index is 0.415. The normalized spacial score (nSPS) is 11.8. The molecule has 3 nitrogen and oxygen atoms in total. The molecule has 0 saturated heterocycles. The van der Waals surface area contributed by atoms with Crippen LogP contribution in [-0.2, 0) is 4.74 Å². The number of pyridine rings is 1. The number of hydrogen-bond acceptors (Lipinski definition) is 3. The van der Waals surface area contributed by atoms with Crippen molar-refractivity contribution in [3.63, 3.8) is 0 Å². The van der Waals surface area contributed by atoms with Crippen LogP contribution >= 0.6 is 0 Å². The monoisotopic (exact) mass is 216 g/mol. The van der Waals surface area contributed by atoms with Crippen LogP contribution in [0.3, 0.4) is 0 Å². The van der Waals surface area contributed by atoms with Gasteiger partial charge >= 0.3 is 0 Å². The first-order valence-electron chi connectivity index (χ1n) is 5.21. The van der Waals surface area contributed by atoms with E-state index in [1.54, 1.807) is 12.4 Å². The molecule has 1 rings (SSSR count). The van der Waals surface area contributed by atoms with Gasteiger partial charge in [-0.1, -0.05) is 12.1 Å². The highest BCUT2D eigenvalue weighted by Gasteiger charge is 1.97. The van der Waals surface area contributed by atoms with E-state index < -0.39 is 0 Å². The Hall–Kier alpha value is -1.90. The van der Waals surface area contributed by atoms with E-state index >= 15 is 0 Å². The SMILES string of the molecule is C=C(/N=C\C(=C/C)c1ccccn1)OCC. The van der Waals surface area contributed by atoms with Crippen molar-refractivity contribution in [2.24, 2.45) is 4.99 Å². The largest absolute Gasteiger partial charge is 0.478 e. The number of aliphatic imine (C=N–C) groups is 1. The number of rotatable bonds is 5. The van der Waals surface area contributed by atoms with Crippen molar-refractivity contribution in [2.75, 3.05) is 6.61 Å². The van der Waals surface area contributed by atoms with Crippen LogP contribution in [0.5, 0.6) is 0 Å². The van der Waals surface area contributed by atoms with Gasteiger partial charge in [0.05, 0.1) is 12.3 Å². The second kappa shape index (κ2) is 6.56. The van der Waals surface area contributed by atoms with Gasteiger partial charge in [0.15, 0.2) is 0 Å². The van der Waals surface area contributed by atoms with Crippen molar-refractivity contribution < 1.29 is 4.74 Å². The first-order valence-corrected chi connectivity index (χ1v) is 5.21. The Balaban J connectivity index is 2.75. The smallest absolute Gasteiger partial charge is 0.205 e. The van der Waals surface area contributed by atoms with Crippen LogP contribution in [0.4, 0.5) is 0 Å². The molecule has 0 aliphatic carbocycles. The Morgan fingerprint density at radius 2 is 2.38 bits per heavy atom. The maximum absolute atomic E-state index is 5.13. The molecule has 0 unspecified atom stereocenters. The molecule has 1 aromatic heterocycles. The summed E-state index contributed by atoms with van der Waals surface area (Å²) >= 11 is 0. The Labute approximate surface area is 96.2 Å². The van der Waals surface area contributed by atoms with E-state index in [0.29, 0.717) is 12.5 Å². The number of nitrogens with zero attached hydrogens (tertiary/aromatic N) is 2. The molecule has 0 atom stereocenters. The summed E-state index contributed by atoms with van der Waals surface area (Å²) in [6, 6.07) is 5.76. The lowest BCUT2D eigenvalue weighted by atomic mass is 10.2. The lowest BCUT2D eigenvalue weighted by molar-refractivity contribution is 0.229. The quantitative estimate of drug-likeness (QED) is 0.560. The molecule has 0 fully saturated rings. The van der Waals surface area contributed by atoms with Crippen molar-refractivity contribution in [3.05, 3.63) is 48.6 Å². The molecule has 0 aliphatic rings. The third-order valence-electron chi connectivity index (χ3n) is 1.93. The minimum atomic E-state index is 0.415. The van der Waals surface area contributed by atoms with Gasteiger partial charge in [-0.15, -0.1) is 0 Å². The van der Waals surface area contributed by atoms with E-state index in [4.69, 9.17) is 4.74 Å². The Morgan fingerprint density at radius 1 is 1.56 bits per heavy atom. The van der Waals surface area contributed by atoms with Gasteiger partial charge < -0.3 is 4.74 Å². The third-order valence-corrected chi connectivity index (χ3v) is 1.93. The Bertz CT molecular complexity index is 394. The summed E-state index contributed by atoms with van der Waals surface area (Å²) in [4.78, 5) is 8.36. The molecular formula is C13H16N2O. The van der Waals surface area contributed by atoms with Crippen molar-refractivity contribution in [2.45, 2.75) is 13.8 Å². The lowest BCUT2D eigenvalue weighted by Gasteiger charge is -2.01. The van der Waals surface area contributed by atoms with Crippen LogP contribution in [0, 0.1) is 0 Å². The fourth-order valence-electron chi connectivity index (χ4n) is 1.17. The molecule has 0 radical (unpaired) electrons. The summed E-state index contributed by atoms with van der Waals surface area (Å²) in [7, 11) is 0. The second-order valence-electron chi connectivity index (χ2n) is 3.04. The van der Waals surface area contributed by atoms with Gasteiger partial charge in [-0.05, 0) is 32.6 Å². The van der Waals surface area contributed by atoms with E-state index in [-0.39, 0.29) is 0 Å². The molecule has 0 spiro atoms. The molecule has 0 N–H and O–H groups in total. The van der Waals surface area contributed by atoms with Gasteiger partial charge in [-0.25, -0.2) is 4.99 Å². The van der Waals surface area contributed by atoms with E-state index in [1.165, 1.54) is 0 Å². The number of aromatic nitrogens is 1. The highest BCUT2D eigenvalue weighted by molar-refractivity contribution is 6.09. The minimum Gasteiger partial charge on any atom is -0.478 e. The average molecular weight is 216 g/mol. The third kappa shape index (κ3) is 3.69. The van der Waals surface area contributed by atoms with E-state index in [9.17, 15) is 0 Å². The molecule has 84 valence electrons. The van der Waals surface area contributed by atoms with Gasteiger partial charge in [-0.2, -0.15) is 0 Å². The molecule has 0 saturated carbocycles. The van der Waals surface area contributed by atoms with Gasteiger partial charge in [-0.3, -0.25) is 4.98 Å². The highest BCUT2D eigenvalue weighted by Crippen LogP contribution is 2.09. The fraction of sp³-hybridized carbons (Fsp3) is 0.231. The molecule has 0 amide bonds. The van der Waals surface area contributed by atoms with Gasteiger partial charge in [0.1, 0.15) is 0 Å². The molecule has 3 heteroatoms. The maximum atomic E-state index is 5.13. The zero-order chi connectivity index (χ0) is 11.8. The van der Waals surface area contributed by atoms with Crippen molar-refractivity contribution in [3.8, 4) is 0 Å². The zero-order valence-corrected chi connectivity index (χ0v) is 9.68. The van der Waals surface area contributed by atoms with Crippen LogP contribution in [0.2, 0.25) is 0 Å². The van der Waals surface area contributed by atoms with Gasteiger partial charge in [0.2, 0.25) is 5.88 Å². The number of hydrogen-bond donors (Lipinski definition) is 0. The number of ether oxygens (including phenoxy) is 1. The predicted octanol–water partition coefficient (Wildman–Crippen LogP) is 3.06. The fourth-order valence-corrected chi connectivity index (χ4v) is 1.17. The van der Waals surface area contributed by atoms with Crippen LogP contribution in [0.15, 0.2) is 47.9 Å². The topological polar surface area (TPSA) is 34.5 Å². The first-order chi connectivity index (χ1) is 7.77. The second-order valence-corrected chi connectivity index (χ2v) is 3.04. The van der Waals surface area contributed by atoms with E-state index in [2.05, 4.69) is 16.6 Å². The lowest BCUT2D eigenvalue weighted by Crippen LogP contribution is -1.91. The molecule has 0 bridgehead atoms. The van der Waals surface area contributed by atoms with Crippen LogP contribution in [0.25, 0.3) is 5.57 Å². The molecular weight excluding hydrogens is 200 g/mol. The zero-order valence-electron chi connectivity index (χ0n) is 9.68. The van der Waals surface area contributed by atoms with E-state index in [1.807, 2.05) is 38.1 Å². The van der Waals surface area contributed by atoms with Crippen molar-refractivity contribution in [1.29, 1.82) is 0 Å². The summed E-state index contributed by atoms with van der Waals surface area (Å²) in [5.41, 5.74) is 1.83. The molecule has 1 aromatic rings. The summed E-state index contributed by atoms with van der Waals surface area (Å²) in [6.45, 7) is 8.09. The van der Waals surface area contributed by atoms with Gasteiger partial charge in [0, 0.05) is 18.0 Å². The maximum Gasteiger partial charge on any atom is 0.205 e. The van der Waals surface area contributed by atoms with Gasteiger partial charge in [0.25, 0.3) is 0 Å².